The van der Waals surface area contributed by atoms with Gasteiger partial charge in [-0.1, -0.05) is 12.1 Å². The summed E-state index contributed by atoms with van der Waals surface area (Å²) in [5, 5.41) is 6.43. The van der Waals surface area contributed by atoms with Crippen molar-refractivity contribution in [3.63, 3.8) is 0 Å². The summed E-state index contributed by atoms with van der Waals surface area (Å²) >= 11 is 3.17. The highest BCUT2D eigenvalue weighted by Crippen LogP contribution is 2.23. The lowest BCUT2D eigenvalue weighted by Crippen LogP contribution is -2.17. The van der Waals surface area contributed by atoms with E-state index in [0.29, 0.717) is 5.13 Å². The monoisotopic (exact) mass is 332 g/mol. The Bertz CT molecular complexity index is 763. The van der Waals surface area contributed by atoms with E-state index in [2.05, 4.69) is 26.3 Å². The molecule has 3 rings (SSSR count). The first-order valence-corrected chi connectivity index (χ1v) is 8.55. The highest BCUT2D eigenvalue weighted by atomic mass is 32.1. The summed E-state index contributed by atoms with van der Waals surface area (Å²) in [6, 6.07) is 8.17. The molecule has 0 aliphatic rings. The maximum atomic E-state index is 11.0. The zero-order valence-electron chi connectivity index (χ0n) is 12.4. The van der Waals surface area contributed by atoms with Crippen LogP contribution in [-0.2, 0) is 17.9 Å². The Morgan fingerprint density at radius 3 is 2.86 bits per heavy atom. The molecule has 0 aliphatic carbocycles. The van der Waals surface area contributed by atoms with Gasteiger partial charge in [0.15, 0.2) is 5.13 Å². The molecule has 1 amide bonds. The quantitative estimate of drug-likeness (QED) is 0.778. The Morgan fingerprint density at radius 1 is 1.27 bits per heavy atom. The molecule has 2 heterocycles. The van der Waals surface area contributed by atoms with E-state index < -0.39 is 0 Å². The third-order valence-electron chi connectivity index (χ3n) is 3.01. The van der Waals surface area contributed by atoms with Crippen LogP contribution in [0.15, 0.2) is 29.6 Å². The van der Waals surface area contributed by atoms with Crippen molar-refractivity contribution in [3.8, 4) is 0 Å². The second-order valence-electron chi connectivity index (χ2n) is 5.07. The van der Waals surface area contributed by atoms with Crippen molar-refractivity contribution >= 4 is 43.9 Å². The third kappa shape index (κ3) is 3.68. The van der Waals surface area contributed by atoms with Crippen LogP contribution in [0.5, 0.6) is 0 Å². The van der Waals surface area contributed by atoms with Crippen molar-refractivity contribution < 1.29 is 4.79 Å². The van der Waals surface area contributed by atoms with Gasteiger partial charge in [-0.2, -0.15) is 0 Å². The van der Waals surface area contributed by atoms with Crippen LogP contribution in [0.2, 0.25) is 0 Å². The number of thiazole rings is 2. The predicted octanol–water partition coefficient (Wildman–Crippen LogP) is 3.34. The average molecular weight is 332 g/mol. The Morgan fingerprint density at radius 2 is 2.09 bits per heavy atom. The van der Waals surface area contributed by atoms with Gasteiger partial charge in [-0.05, 0) is 19.2 Å². The van der Waals surface area contributed by atoms with Crippen LogP contribution in [0, 0.1) is 0 Å². The topological polar surface area (TPSA) is 58.1 Å². The smallest absolute Gasteiger partial charge is 0.223 e. The number of carbonyl (C=O) groups is 1. The van der Waals surface area contributed by atoms with Crippen LogP contribution >= 0.6 is 22.7 Å². The summed E-state index contributed by atoms with van der Waals surface area (Å²) in [6.07, 6.45) is 0. The van der Waals surface area contributed by atoms with Crippen LogP contribution < -0.4 is 5.32 Å². The van der Waals surface area contributed by atoms with Crippen LogP contribution in [0.4, 0.5) is 5.13 Å². The number of nitrogens with zero attached hydrogens (tertiary/aromatic N) is 3. The third-order valence-corrected chi connectivity index (χ3v) is 4.84. The summed E-state index contributed by atoms with van der Waals surface area (Å²) in [7, 11) is 2.05. The summed E-state index contributed by atoms with van der Waals surface area (Å²) in [5.41, 5.74) is 2.01. The van der Waals surface area contributed by atoms with Crippen molar-refractivity contribution in [1.29, 1.82) is 0 Å². The van der Waals surface area contributed by atoms with E-state index in [0.717, 1.165) is 29.3 Å². The molecule has 1 N–H and O–H groups in total. The Labute approximate surface area is 136 Å². The van der Waals surface area contributed by atoms with E-state index in [9.17, 15) is 4.79 Å². The van der Waals surface area contributed by atoms with Crippen molar-refractivity contribution in [1.82, 2.24) is 14.9 Å². The molecule has 0 saturated carbocycles. The maximum Gasteiger partial charge on any atom is 0.223 e. The van der Waals surface area contributed by atoms with Crippen LogP contribution in [-0.4, -0.2) is 27.8 Å². The number of para-hydroxylation sites is 1. The second-order valence-corrected chi connectivity index (χ2v) is 7.05. The molecule has 0 unspecified atom stereocenters. The van der Waals surface area contributed by atoms with E-state index in [-0.39, 0.29) is 5.91 Å². The molecular formula is C15H16N4OS2. The summed E-state index contributed by atoms with van der Waals surface area (Å²) in [6.45, 7) is 3.00. The fourth-order valence-electron chi connectivity index (χ4n) is 2.14. The predicted molar refractivity (Wildman–Crippen MR) is 91.2 cm³/mol. The van der Waals surface area contributed by atoms with Gasteiger partial charge in [0.2, 0.25) is 5.91 Å². The van der Waals surface area contributed by atoms with E-state index in [4.69, 9.17) is 0 Å². The van der Waals surface area contributed by atoms with Gasteiger partial charge in [0, 0.05) is 18.8 Å². The van der Waals surface area contributed by atoms with Gasteiger partial charge in [0.25, 0.3) is 0 Å². The summed E-state index contributed by atoms with van der Waals surface area (Å²) in [4.78, 5) is 22.2. The molecule has 0 aliphatic heterocycles. The van der Waals surface area contributed by atoms with E-state index in [1.54, 1.807) is 11.3 Å². The number of amides is 1. The number of fused-ring (bicyclic) bond motifs is 1. The Hall–Kier alpha value is -1.83. The fraction of sp³-hybridized carbons (Fsp3) is 0.267. The van der Waals surface area contributed by atoms with Gasteiger partial charge < -0.3 is 5.32 Å². The second kappa shape index (κ2) is 6.51. The zero-order chi connectivity index (χ0) is 15.5. The van der Waals surface area contributed by atoms with Crippen molar-refractivity contribution in [2.75, 3.05) is 12.4 Å². The van der Waals surface area contributed by atoms with Crippen molar-refractivity contribution in [3.05, 3.63) is 40.3 Å². The maximum absolute atomic E-state index is 11.0. The number of rotatable bonds is 5. The van der Waals surface area contributed by atoms with Gasteiger partial charge >= 0.3 is 0 Å². The van der Waals surface area contributed by atoms with Gasteiger partial charge in [0.05, 0.1) is 22.5 Å². The average Bonchev–Trinajstić information content (AvgIpc) is 3.03. The zero-order valence-corrected chi connectivity index (χ0v) is 14.0. The minimum atomic E-state index is -0.0938. The van der Waals surface area contributed by atoms with E-state index >= 15 is 0 Å². The molecule has 22 heavy (non-hydrogen) atoms. The molecule has 3 aromatic rings. The normalized spacial score (nSPS) is 11.2. The molecule has 7 heteroatoms. The van der Waals surface area contributed by atoms with E-state index in [1.165, 1.54) is 23.0 Å². The molecular weight excluding hydrogens is 316 g/mol. The van der Waals surface area contributed by atoms with Crippen LogP contribution in [0.1, 0.15) is 17.6 Å². The highest BCUT2D eigenvalue weighted by Gasteiger charge is 2.09. The first kappa shape index (κ1) is 15.1. The van der Waals surface area contributed by atoms with Crippen molar-refractivity contribution in [2.45, 2.75) is 20.0 Å². The number of aromatic nitrogens is 2. The van der Waals surface area contributed by atoms with Crippen LogP contribution in [0.25, 0.3) is 10.2 Å². The molecule has 0 fully saturated rings. The number of nitrogens with one attached hydrogen (secondary N) is 1. The number of carbonyl (C=O) groups excluding carboxylic acids is 1. The van der Waals surface area contributed by atoms with Gasteiger partial charge in [-0.3, -0.25) is 9.69 Å². The number of benzene rings is 1. The molecule has 2 aromatic heterocycles. The lowest BCUT2D eigenvalue weighted by Gasteiger charge is -2.12. The number of anilines is 1. The largest absolute Gasteiger partial charge is 0.302 e. The van der Waals surface area contributed by atoms with E-state index in [1.807, 2.05) is 30.6 Å². The molecule has 0 bridgehead atoms. The van der Waals surface area contributed by atoms with Gasteiger partial charge in [-0.25, -0.2) is 9.97 Å². The van der Waals surface area contributed by atoms with Crippen molar-refractivity contribution in [2.24, 2.45) is 0 Å². The molecule has 114 valence electrons. The SMILES string of the molecule is CC(=O)Nc1nc(CN(C)Cc2nc3ccccc3s2)cs1. The molecule has 0 atom stereocenters. The number of hydrogen-bond donors (Lipinski definition) is 1. The van der Waals surface area contributed by atoms with Gasteiger partial charge in [-0.15, -0.1) is 22.7 Å². The minimum absolute atomic E-state index is 0.0938. The minimum Gasteiger partial charge on any atom is -0.302 e. The molecule has 0 spiro atoms. The molecule has 1 aromatic carbocycles. The lowest BCUT2D eigenvalue weighted by atomic mass is 10.3. The highest BCUT2D eigenvalue weighted by molar-refractivity contribution is 7.18. The fourth-order valence-corrected chi connectivity index (χ4v) is 3.93. The van der Waals surface area contributed by atoms with Gasteiger partial charge in [0.1, 0.15) is 5.01 Å². The molecule has 0 saturated heterocycles. The van der Waals surface area contributed by atoms with Crippen LogP contribution in [0.3, 0.4) is 0 Å². The molecule has 5 nitrogen and oxygen atoms in total. The molecule has 0 radical (unpaired) electrons. The summed E-state index contributed by atoms with van der Waals surface area (Å²) in [5.74, 6) is -0.0938. The Balaban J connectivity index is 1.63. The lowest BCUT2D eigenvalue weighted by molar-refractivity contribution is -0.114. The first-order valence-electron chi connectivity index (χ1n) is 6.85. The first-order chi connectivity index (χ1) is 10.6. The number of hydrogen-bond acceptors (Lipinski definition) is 6. The Kier molecular flexibility index (Phi) is 4.47. The standard InChI is InChI=1S/C15H16N4OS2/c1-10(20)16-15-17-11(9-21-15)7-19(2)8-14-18-12-5-3-4-6-13(12)22-14/h3-6,9H,7-8H2,1-2H3,(H,16,17,20). The summed E-state index contributed by atoms with van der Waals surface area (Å²) < 4.78 is 1.22.